The predicted molar refractivity (Wildman–Crippen MR) is 130 cm³/mol. The second-order valence-corrected chi connectivity index (χ2v) is 8.69. The first-order chi connectivity index (χ1) is 16.8. The van der Waals surface area contributed by atoms with Crippen LogP contribution in [0.1, 0.15) is 49.7 Å². The van der Waals surface area contributed by atoms with Crippen molar-refractivity contribution in [3.05, 3.63) is 83.2 Å². The summed E-state index contributed by atoms with van der Waals surface area (Å²) in [5.74, 6) is -1.74. The van der Waals surface area contributed by atoms with Crippen molar-refractivity contribution in [2.24, 2.45) is 5.92 Å². The van der Waals surface area contributed by atoms with Crippen LogP contribution in [0.4, 0.5) is 0 Å². The Morgan fingerprint density at radius 2 is 1.80 bits per heavy atom. The molecule has 3 unspecified atom stereocenters. The number of carbonyl (C=O) groups is 3. The molecule has 0 amide bonds. The van der Waals surface area contributed by atoms with Gasteiger partial charge in [-0.1, -0.05) is 43.0 Å². The smallest absolute Gasteiger partial charge is 0.315 e. The number of rotatable bonds is 6. The highest BCUT2D eigenvalue weighted by Gasteiger charge is 2.45. The van der Waals surface area contributed by atoms with Crippen LogP contribution in [0.15, 0.2) is 72.1 Å². The maximum atomic E-state index is 13.6. The number of hydrogen-bond donors (Lipinski definition) is 1. The number of benzene rings is 2. The molecule has 0 aromatic heterocycles. The summed E-state index contributed by atoms with van der Waals surface area (Å²) in [4.78, 5) is 38.2. The average molecular weight is 476 g/mol. The molecule has 0 saturated carbocycles. The summed E-state index contributed by atoms with van der Waals surface area (Å²) in [6, 6.07) is 15.0. The Hall–Kier alpha value is -3.87. The molecule has 4 rings (SSSR count). The van der Waals surface area contributed by atoms with Gasteiger partial charge in [-0.25, -0.2) is 0 Å². The highest BCUT2D eigenvalue weighted by molar-refractivity contribution is 6.01. The highest BCUT2D eigenvalue weighted by Crippen LogP contribution is 2.48. The van der Waals surface area contributed by atoms with Crippen LogP contribution in [0.3, 0.4) is 0 Å². The van der Waals surface area contributed by atoms with Gasteiger partial charge in [0.05, 0.1) is 13.7 Å². The molecule has 1 aliphatic heterocycles. The molecule has 0 fully saturated rings. The molecule has 0 bridgehead atoms. The Morgan fingerprint density at radius 1 is 1.06 bits per heavy atom. The van der Waals surface area contributed by atoms with Crippen molar-refractivity contribution in [1.29, 1.82) is 0 Å². The lowest BCUT2D eigenvalue weighted by atomic mass is 9.69. The van der Waals surface area contributed by atoms with Crippen molar-refractivity contribution >= 4 is 17.7 Å². The number of ketones is 1. The summed E-state index contributed by atoms with van der Waals surface area (Å²) in [6.45, 7) is 7.39. The van der Waals surface area contributed by atoms with Gasteiger partial charge in [0.15, 0.2) is 17.3 Å². The highest BCUT2D eigenvalue weighted by atomic mass is 16.6. The fourth-order valence-electron chi connectivity index (χ4n) is 5.00. The van der Waals surface area contributed by atoms with Crippen LogP contribution in [-0.4, -0.2) is 31.4 Å². The lowest BCUT2D eigenvalue weighted by molar-refractivity contribution is -0.147. The Morgan fingerprint density at radius 3 is 2.46 bits per heavy atom. The summed E-state index contributed by atoms with van der Waals surface area (Å²) >= 11 is 0. The van der Waals surface area contributed by atoms with Gasteiger partial charge in [0, 0.05) is 36.2 Å². The third kappa shape index (κ3) is 4.85. The molecule has 2 aromatic rings. The third-order valence-corrected chi connectivity index (χ3v) is 6.45. The first-order valence-electron chi connectivity index (χ1n) is 11.6. The van der Waals surface area contributed by atoms with Crippen molar-refractivity contribution < 1.29 is 28.6 Å². The number of esters is 2. The van der Waals surface area contributed by atoms with Crippen LogP contribution in [0, 0.1) is 5.92 Å². The first-order valence-corrected chi connectivity index (χ1v) is 11.6. The number of nitrogens with one attached hydrogen (secondary N) is 1. The van der Waals surface area contributed by atoms with Gasteiger partial charge in [-0.15, -0.1) is 0 Å². The van der Waals surface area contributed by atoms with E-state index in [0.717, 1.165) is 11.3 Å². The minimum Gasteiger partial charge on any atom is -0.493 e. The fraction of sp³-hybridized carbons (Fsp3) is 0.321. The first kappa shape index (κ1) is 24.3. The summed E-state index contributed by atoms with van der Waals surface area (Å²) in [6.07, 6.45) is 0.963. The van der Waals surface area contributed by atoms with E-state index in [0.29, 0.717) is 35.4 Å². The van der Waals surface area contributed by atoms with Crippen molar-refractivity contribution in [3.8, 4) is 11.5 Å². The molecule has 0 saturated heterocycles. The van der Waals surface area contributed by atoms with Gasteiger partial charge in [-0.2, -0.15) is 0 Å². The zero-order chi connectivity index (χ0) is 25.1. The number of ether oxygens (including phenoxy) is 3. The van der Waals surface area contributed by atoms with Crippen LogP contribution in [0.2, 0.25) is 0 Å². The second kappa shape index (κ2) is 10.2. The van der Waals surface area contributed by atoms with E-state index in [9.17, 15) is 14.4 Å². The molecule has 1 N–H and O–H groups in total. The molecule has 35 heavy (non-hydrogen) atoms. The lowest BCUT2D eigenvalue weighted by Crippen LogP contribution is -2.42. The Bertz CT molecular complexity index is 1200. The van der Waals surface area contributed by atoms with Gasteiger partial charge in [0.1, 0.15) is 5.92 Å². The summed E-state index contributed by atoms with van der Waals surface area (Å²) in [7, 11) is 1.47. The van der Waals surface area contributed by atoms with Crippen LogP contribution in [0.5, 0.6) is 11.5 Å². The Balaban J connectivity index is 1.82. The van der Waals surface area contributed by atoms with Crippen molar-refractivity contribution in [3.63, 3.8) is 0 Å². The molecule has 182 valence electrons. The fourth-order valence-corrected chi connectivity index (χ4v) is 5.00. The zero-order valence-electron chi connectivity index (χ0n) is 20.1. The van der Waals surface area contributed by atoms with Gasteiger partial charge in [-0.3, -0.25) is 14.4 Å². The zero-order valence-corrected chi connectivity index (χ0v) is 20.1. The number of hydrogen-bond acceptors (Lipinski definition) is 7. The maximum Gasteiger partial charge on any atom is 0.315 e. The monoisotopic (exact) mass is 475 g/mol. The van der Waals surface area contributed by atoms with E-state index in [1.54, 1.807) is 25.1 Å². The molecule has 7 nitrogen and oxygen atoms in total. The van der Waals surface area contributed by atoms with E-state index in [2.05, 4.69) is 11.9 Å². The van der Waals surface area contributed by atoms with Crippen molar-refractivity contribution in [1.82, 2.24) is 5.32 Å². The van der Waals surface area contributed by atoms with Crippen LogP contribution in [-0.2, 0) is 19.1 Å². The SMILES string of the molecule is C=C1NC2=C(C(=O)CC(c3ccccc3)C2)C(c2ccc(OC(C)=O)c(OC)c2)C1C(=O)OCC. The van der Waals surface area contributed by atoms with Gasteiger partial charge in [0.2, 0.25) is 0 Å². The van der Waals surface area contributed by atoms with Crippen LogP contribution < -0.4 is 14.8 Å². The van der Waals surface area contributed by atoms with Gasteiger partial charge < -0.3 is 19.5 Å². The van der Waals surface area contributed by atoms with Gasteiger partial charge in [-0.05, 0) is 42.5 Å². The van der Waals surface area contributed by atoms with Crippen molar-refractivity contribution in [2.75, 3.05) is 13.7 Å². The van der Waals surface area contributed by atoms with Crippen LogP contribution >= 0.6 is 0 Å². The van der Waals surface area contributed by atoms with Gasteiger partial charge in [0.25, 0.3) is 0 Å². The molecule has 2 aromatic carbocycles. The van der Waals surface area contributed by atoms with E-state index in [1.807, 2.05) is 30.3 Å². The normalized spacial score (nSPS) is 21.6. The largest absolute Gasteiger partial charge is 0.493 e. The summed E-state index contributed by atoms with van der Waals surface area (Å²) < 4.78 is 16.1. The maximum absolute atomic E-state index is 13.6. The minimum absolute atomic E-state index is 0.0255. The van der Waals surface area contributed by atoms with E-state index in [1.165, 1.54) is 14.0 Å². The predicted octanol–water partition coefficient (Wildman–Crippen LogP) is 4.40. The van der Waals surface area contributed by atoms with E-state index >= 15 is 0 Å². The van der Waals surface area contributed by atoms with E-state index < -0.39 is 23.8 Å². The summed E-state index contributed by atoms with van der Waals surface area (Å²) in [5, 5.41) is 3.27. The quantitative estimate of drug-likeness (QED) is 0.489. The molecule has 0 spiro atoms. The minimum atomic E-state index is -0.796. The molecule has 1 heterocycles. The molecular weight excluding hydrogens is 446 g/mol. The lowest BCUT2D eigenvalue weighted by Gasteiger charge is -2.40. The number of methoxy groups -OCH3 is 1. The third-order valence-electron chi connectivity index (χ3n) is 6.45. The summed E-state index contributed by atoms with van der Waals surface area (Å²) in [5.41, 5.74) is 3.59. The topological polar surface area (TPSA) is 90.9 Å². The number of carbonyl (C=O) groups excluding carboxylic acids is 3. The Kier molecular flexibility index (Phi) is 7.05. The number of Topliss-reactive ketones (excluding diaryl/α,β-unsaturated/α-hetero) is 1. The number of allylic oxidation sites excluding steroid dienone is 2. The average Bonchev–Trinajstić information content (AvgIpc) is 2.83. The van der Waals surface area contributed by atoms with E-state index in [-0.39, 0.29) is 24.1 Å². The molecule has 1 aliphatic carbocycles. The molecule has 3 atom stereocenters. The van der Waals surface area contributed by atoms with Crippen LogP contribution in [0.25, 0.3) is 0 Å². The standard InChI is InChI=1S/C28H29NO6/c1-5-34-28(32)25-16(2)29-21-13-20(18-9-7-6-8-10-18)14-22(31)27(21)26(25)19-11-12-23(35-17(3)30)24(15-19)33-4/h6-12,15,20,25-26,29H,2,5,13-14H2,1,3-4H3. The van der Waals surface area contributed by atoms with Gasteiger partial charge >= 0.3 is 11.9 Å². The van der Waals surface area contributed by atoms with E-state index in [4.69, 9.17) is 14.2 Å². The Labute approximate surface area is 204 Å². The van der Waals surface area contributed by atoms with Crippen molar-refractivity contribution in [2.45, 2.75) is 38.5 Å². The molecular formula is C28H29NO6. The molecule has 2 aliphatic rings. The molecule has 7 heteroatoms. The molecule has 0 radical (unpaired) electrons. The second-order valence-electron chi connectivity index (χ2n) is 8.69.